The van der Waals surface area contributed by atoms with E-state index in [1.54, 1.807) is 24.3 Å². The normalized spacial score (nSPS) is 10.7. The largest absolute Gasteiger partial charge is 1.00 e. The van der Waals surface area contributed by atoms with E-state index >= 15 is 0 Å². The summed E-state index contributed by atoms with van der Waals surface area (Å²) in [5.74, 6) is -1.34. The van der Waals surface area contributed by atoms with Crippen molar-refractivity contribution in [3.63, 3.8) is 0 Å². The van der Waals surface area contributed by atoms with Gasteiger partial charge in [-0.25, -0.2) is 9.67 Å². The van der Waals surface area contributed by atoms with E-state index in [0.29, 0.717) is 20.5 Å². The molecule has 0 atom stereocenters. The zero-order valence-corrected chi connectivity index (χ0v) is 22.8. The molecule has 0 fully saturated rings. The van der Waals surface area contributed by atoms with Crippen molar-refractivity contribution in [2.24, 2.45) is 0 Å². The van der Waals surface area contributed by atoms with Gasteiger partial charge in [-0.05, 0) is 24.3 Å². The van der Waals surface area contributed by atoms with Crippen molar-refractivity contribution in [1.29, 1.82) is 0 Å². The second kappa shape index (κ2) is 12.4. The Balaban J connectivity index is 0.00000133. The van der Waals surface area contributed by atoms with E-state index in [9.17, 15) is 27.9 Å². The number of fused-ring (bicyclic) bond motifs is 2. The van der Waals surface area contributed by atoms with E-state index in [4.69, 9.17) is 5.11 Å². The van der Waals surface area contributed by atoms with Gasteiger partial charge in [0.05, 0.1) is 33.4 Å². The Labute approximate surface area is 233 Å². The third-order valence-corrected chi connectivity index (χ3v) is 5.32. The van der Waals surface area contributed by atoms with Crippen LogP contribution in [0.2, 0.25) is 0 Å². The maximum absolute atomic E-state index is 12.9. The molecular formula is C20H14F3N3Na2O4S. The van der Waals surface area contributed by atoms with E-state index in [1.165, 1.54) is 6.07 Å². The average molecular weight is 495 g/mol. The van der Waals surface area contributed by atoms with Crippen molar-refractivity contribution in [2.45, 2.75) is 19.1 Å². The van der Waals surface area contributed by atoms with Crippen LogP contribution < -0.4 is 74.9 Å². The topological polar surface area (TPSA) is 111 Å². The molecule has 0 aliphatic carbocycles. The number of alkyl halides is 3. The first kappa shape index (κ1) is 29.7. The zero-order chi connectivity index (χ0) is 22.8. The summed E-state index contributed by atoms with van der Waals surface area (Å²) >= 11 is 1.14. The number of carbonyl (C=O) groups is 1. The minimum absolute atomic E-state index is 0. The number of halogens is 3. The Kier molecular flexibility index (Phi) is 11.2. The molecule has 0 saturated heterocycles. The summed E-state index contributed by atoms with van der Waals surface area (Å²) in [7, 11) is 0.750. The van der Waals surface area contributed by atoms with Crippen LogP contribution in [0.15, 0.2) is 47.3 Å². The number of rotatable bonds is 4. The van der Waals surface area contributed by atoms with Crippen molar-refractivity contribution in [3.8, 4) is 0 Å². The number of carboxylic acid groups (broad SMARTS) is 1. The van der Waals surface area contributed by atoms with Crippen molar-refractivity contribution in [3.05, 3.63) is 69.1 Å². The summed E-state index contributed by atoms with van der Waals surface area (Å²) in [5.41, 5.74) is -0.915. The number of carboxylic acids is 1. The number of thiazole rings is 1. The maximum Gasteiger partial charge on any atom is 1.00 e. The van der Waals surface area contributed by atoms with E-state index in [1.807, 2.05) is 0 Å². The SMILES string of the molecule is C[O-].O=C([O-])Cc1nn(Cc2nc3cc(C(F)(F)F)ccc3s2)c(=O)c2ccccc12.[Na+].[Na+]. The number of hydrogen-bond acceptors (Lipinski definition) is 7. The van der Waals surface area contributed by atoms with E-state index in [0.717, 1.165) is 35.3 Å². The number of carbonyl (C=O) groups excluding carboxylic acids is 1. The van der Waals surface area contributed by atoms with Crippen LogP contribution in [0.3, 0.4) is 0 Å². The Morgan fingerprint density at radius 1 is 1.09 bits per heavy atom. The summed E-state index contributed by atoms with van der Waals surface area (Å²) in [5, 5.41) is 24.5. The molecule has 0 aliphatic rings. The fourth-order valence-corrected chi connectivity index (χ4v) is 3.96. The molecule has 162 valence electrons. The minimum Gasteiger partial charge on any atom is -0.857 e. The third-order valence-electron chi connectivity index (χ3n) is 4.30. The molecule has 0 bridgehead atoms. The average Bonchev–Trinajstić information content (AvgIpc) is 3.13. The summed E-state index contributed by atoms with van der Waals surface area (Å²) < 4.78 is 40.3. The molecule has 33 heavy (non-hydrogen) atoms. The van der Waals surface area contributed by atoms with Gasteiger partial charge in [-0.15, -0.1) is 11.3 Å². The van der Waals surface area contributed by atoms with Crippen LogP contribution in [0.4, 0.5) is 13.2 Å². The molecule has 7 nitrogen and oxygen atoms in total. The Hall–Kier alpha value is -1.31. The first-order valence-electron chi connectivity index (χ1n) is 8.78. The van der Waals surface area contributed by atoms with Crippen LogP contribution in [0.25, 0.3) is 21.0 Å². The monoisotopic (exact) mass is 495 g/mol. The molecule has 4 rings (SSSR count). The van der Waals surface area contributed by atoms with Gasteiger partial charge in [-0.3, -0.25) is 4.79 Å². The number of hydrogen-bond donors (Lipinski definition) is 0. The third kappa shape index (κ3) is 6.86. The predicted molar refractivity (Wildman–Crippen MR) is 104 cm³/mol. The van der Waals surface area contributed by atoms with Crippen LogP contribution >= 0.6 is 11.3 Å². The van der Waals surface area contributed by atoms with E-state index < -0.39 is 29.7 Å². The van der Waals surface area contributed by atoms with Crippen molar-refractivity contribution in [1.82, 2.24) is 14.8 Å². The van der Waals surface area contributed by atoms with Crippen molar-refractivity contribution in [2.75, 3.05) is 7.11 Å². The van der Waals surface area contributed by atoms with Gasteiger partial charge in [0.2, 0.25) is 0 Å². The Morgan fingerprint density at radius 3 is 2.33 bits per heavy atom. The maximum atomic E-state index is 12.9. The van der Waals surface area contributed by atoms with E-state index in [-0.39, 0.29) is 76.9 Å². The van der Waals surface area contributed by atoms with Gasteiger partial charge in [0.15, 0.2) is 0 Å². The first-order valence-corrected chi connectivity index (χ1v) is 9.60. The van der Waals surface area contributed by atoms with Crippen LogP contribution in [-0.2, 0) is 23.9 Å². The molecule has 13 heteroatoms. The van der Waals surface area contributed by atoms with Gasteiger partial charge in [0, 0.05) is 17.8 Å². The summed E-state index contributed by atoms with van der Waals surface area (Å²) in [6.45, 7) is -0.0928. The van der Waals surface area contributed by atoms with Gasteiger partial charge in [0.25, 0.3) is 5.56 Å². The molecular weight excluding hydrogens is 481 g/mol. The molecule has 0 unspecified atom stereocenters. The first-order chi connectivity index (χ1) is 14.7. The number of aliphatic carboxylic acids is 1. The molecule has 0 aliphatic heterocycles. The van der Waals surface area contributed by atoms with Crippen LogP contribution in [0, 0.1) is 0 Å². The Bertz CT molecular complexity index is 1330. The summed E-state index contributed by atoms with van der Waals surface area (Å²) in [6, 6.07) is 9.73. The van der Waals surface area contributed by atoms with Gasteiger partial charge >= 0.3 is 65.3 Å². The smallest absolute Gasteiger partial charge is 0.857 e. The van der Waals surface area contributed by atoms with E-state index in [2.05, 4.69) is 10.1 Å². The molecule has 2 heterocycles. The molecule has 4 aromatic rings. The van der Waals surface area contributed by atoms with Crippen LogP contribution in [0.5, 0.6) is 0 Å². The minimum atomic E-state index is -4.48. The molecule has 2 aromatic heterocycles. The van der Waals surface area contributed by atoms with Crippen LogP contribution in [0.1, 0.15) is 16.3 Å². The molecule has 0 N–H and O–H groups in total. The van der Waals surface area contributed by atoms with Gasteiger partial charge in [0.1, 0.15) is 5.01 Å². The summed E-state index contributed by atoms with van der Waals surface area (Å²) in [6.07, 6.45) is -4.95. The predicted octanol–water partition coefficient (Wildman–Crippen LogP) is -4.65. The zero-order valence-electron chi connectivity index (χ0n) is 18.0. The van der Waals surface area contributed by atoms with Crippen molar-refractivity contribution < 1.29 is 87.3 Å². The fourth-order valence-electron chi connectivity index (χ4n) is 3.03. The summed E-state index contributed by atoms with van der Waals surface area (Å²) in [4.78, 5) is 28.0. The number of nitrogens with zero attached hydrogens (tertiary/aromatic N) is 3. The molecule has 0 saturated carbocycles. The standard InChI is InChI=1S/C19H12F3N3O3S.CH3O.2Na/c20-19(21,22)10-5-6-15-14(7-10)23-16(29-15)9-25-18(28)12-4-2-1-3-11(12)13(24-25)8-17(26)27;1-2;;/h1-7H,8-9H2,(H,26,27);1H3;;/q;-1;2*+1/p-1. The van der Waals surface area contributed by atoms with Gasteiger partial charge < -0.3 is 15.0 Å². The fraction of sp³-hybridized carbons (Fsp3) is 0.200. The molecule has 0 amide bonds. The molecule has 0 radical (unpaired) electrons. The molecule has 0 spiro atoms. The Morgan fingerprint density at radius 2 is 1.73 bits per heavy atom. The number of aromatic nitrogens is 3. The van der Waals surface area contributed by atoms with Crippen molar-refractivity contribution >= 4 is 38.3 Å². The second-order valence-electron chi connectivity index (χ2n) is 6.29. The van der Waals surface area contributed by atoms with Crippen LogP contribution in [-0.4, -0.2) is 27.8 Å². The van der Waals surface area contributed by atoms with Gasteiger partial charge in [-0.2, -0.15) is 25.4 Å². The number of benzene rings is 2. The van der Waals surface area contributed by atoms with Gasteiger partial charge in [-0.1, -0.05) is 18.2 Å². The quantitative estimate of drug-likeness (QED) is 0.264. The molecule has 2 aromatic carbocycles. The second-order valence-corrected chi connectivity index (χ2v) is 7.41.